The van der Waals surface area contributed by atoms with Crippen molar-refractivity contribution in [2.75, 3.05) is 0 Å². The van der Waals surface area contributed by atoms with Crippen LogP contribution in [0, 0.1) is 17.8 Å². The summed E-state index contributed by atoms with van der Waals surface area (Å²) in [6.45, 7) is 15.9. The van der Waals surface area contributed by atoms with E-state index in [-0.39, 0.29) is 32.7 Å². The maximum atomic E-state index is 2.43. The molecule has 0 saturated carbocycles. The van der Waals surface area contributed by atoms with Gasteiger partial charge < -0.3 is 6.42 Å². The molecule has 93 valence electrons. The predicted octanol–water partition coefficient (Wildman–Crippen LogP) is 5.36. The molecule has 0 aromatic rings. The number of hydrogen-bond donors (Lipinski definition) is 0. The predicted molar refractivity (Wildman–Crippen MR) is 70.6 cm³/mol. The molecule has 0 fully saturated rings. The Morgan fingerprint density at radius 1 is 1.19 bits per heavy atom. The molecule has 0 bridgehead atoms. The molecule has 1 heteroatoms. The van der Waals surface area contributed by atoms with Crippen LogP contribution < -0.4 is 0 Å². The minimum Gasteiger partial charge on any atom is -0.329 e. The van der Waals surface area contributed by atoms with Crippen molar-refractivity contribution in [3.05, 3.63) is 23.5 Å². The number of unbranched alkanes of at least 4 members (excludes halogenated alkanes) is 2. The molecule has 0 amide bonds. The van der Waals surface area contributed by atoms with Gasteiger partial charge in [-0.2, -0.15) is 12.8 Å². The van der Waals surface area contributed by atoms with E-state index in [1.165, 1.54) is 36.3 Å². The second kappa shape index (κ2) is 8.75. The number of rotatable bonds is 6. The molecule has 0 N–H and O–H groups in total. The van der Waals surface area contributed by atoms with Gasteiger partial charge in [0.1, 0.15) is 0 Å². The third-order valence-corrected chi connectivity index (χ3v) is 3.48. The first kappa shape index (κ1) is 19.1. The second-order valence-corrected chi connectivity index (χ2v) is 5.42. The minimum atomic E-state index is 0. The van der Waals surface area contributed by atoms with Crippen molar-refractivity contribution in [3.8, 4) is 0 Å². The molecule has 1 radical (unpaired) electrons. The van der Waals surface area contributed by atoms with Crippen LogP contribution in [0.3, 0.4) is 0 Å². The van der Waals surface area contributed by atoms with Crippen molar-refractivity contribution in [1.82, 2.24) is 0 Å². The van der Waals surface area contributed by atoms with Gasteiger partial charge in [0.05, 0.1) is 0 Å². The molecule has 0 nitrogen and oxygen atoms in total. The first-order valence-corrected chi connectivity index (χ1v) is 6.13. The van der Waals surface area contributed by atoms with Crippen LogP contribution in [0.2, 0.25) is 0 Å². The van der Waals surface area contributed by atoms with E-state index in [2.05, 4.69) is 54.9 Å². The Morgan fingerprint density at radius 2 is 1.69 bits per heavy atom. The normalized spacial score (nSPS) is 12.9. The maximum Gasteiger partial charge on any atom is 0 e. The largest absolute Gasteiger partial charge is 0.329 e. The fourth-order valence-corrected chi connectivity index (χ4v) is 1.70. The molecule has 0 spiro atoms. The summed E-state index contributed by atoms with van der Waals surface area (Å²) in [5.41, 5.74) is 3.33. The van der Waals surface area contributed by atoms with Crippen LogP contribution in [0.4, 0.5) is 0 Å². The second-order valence-electron chi connectivity index (χ2n) is 5.42. The number of allylic oxidation sites excluding steroid dienone is 2. The van der Waals surface area contributed by atoms with Gasteiger partial charge in [0, 0.05) is 32.7 Å². The third-order valence-electron chi connectivity index (χ3n) is 3.48. The van der Waals surface area contributed by atoms with Gasteiger partial charge in [-0.1, -0.05) is 34.1 Å². The SMILES string of the molecule is CCC[CH-]CC(C)(C)C(C)=C(C)[C-](C)C.[Y]. The van der Waals surface area contributed by atoms with Gasteiger partial charge in [0.25, 0.3) is 0 Å². The van der Waals surface area contributed by atoms with E-state index in [1.54, 1.807) is 0 Å². The van der Waals surface area contributed by atoms with Gasteiger partial charge in [0.2, 0.25) is 0 Å². The Labute approximate surface area is 129 Å². The van der Waals surface area contributed by atoms with Crippen LogP contribution in [-0.4, -0.2) is 0 Å². The van der Waals surface area contributed by atoms with Crippen LogP contribution in [0.5, 0.6) is 0 Å². The van der Waals surface area contributed by atoms with Gasteiger partial charge in [-0.3, -0.25) is 0 Å². The van der Waals surface area contributed by atoms with Gasteiger partial charge in [-0.05, 0) is 0 Å². The summed E-state index contributed by atoms with van der Waals surface area (Å²) in [7, 11) is 0. The summed E-state index contributed by atoms with van der Waals surface area (Å²) in [6.07, 6.45) is 6.13. The van der Waals surface area contributed by atoms with E-state index >= 15 is 0 Å². The molecular formula is C15H28Y-2. The molecule has 0 aromatic carbocycles. The Hall–Kier alpha value is 0.714. The van der Waals surface area contributed by atoms with E-state index in [9.17, 15) is 0 Å². The quantitative estimate of drug-likeness (QED) is 0.457. The monoisotopic (exact) mass is 297 g/mol. The fraction of sp³-hybridized carbons (Fsp3) is 0.733. The Bertz CT molecular complexity index is 211. The van der Waals surface area contributed by atoms with E-state index in [0.717, 1.165) is 0 Å². The van der Waals surface area contributed by atoms with Crippen LogP contribution in [0.25, 0.3) is 0 Å². The van der Waals surface area contributed by atoms with Crippen molar-refractivity contribution in [3.63, 3.8) is 0 Å². The molecule has 0 atom stereocenters. The Balaban J connectivity index is 0. The maximum absolute atomic E-state index is 2.43. The van der Waals surface area contributed by atoms with Gasteiger partial charge in [0.15, 0.2) is 0 Å². The van der Waals surface area contributed by atoms with Gasteiger partial charge >= 0.3 is 0 Å². The first-order valence-electron chi connectivity index (χ1n) is 6.13. The molecule has 0 aromatic heterocycles. The molecular weight excluding hydrogens is 269 g/mol. The van der Waals surface area contributed by atoms with E-state index in [1.807, 2.05) is 0 Å². The van der Waals surface area contributed by atoms with Crippen LogP contribution in [0.15, 0.2) is 11.1 Å². The summed E-state index contributed by atoms with van der Waals surface area (Å²) < 4.78 is 0. The van der Waals surface area contributed by atoms with Gasteiger partial charge in [-0.15, -0.1) is 26.2 Å². The smallest absolute Gasteiger partial charge is 0 e. The van der Waals surface area contributed by atoms with Crippen LogP contribution in [-0.2, 0) is 32.7 Å². The van der Waals surface area contributed by atoms with E-state index < -0.39 is 0 Å². The van der Waals surface area contributed by atoms with Crippen LogP contribution >= 0.6 is 0 Å². The zero-order valence-electron chi connectivity index (χ0n) is 12.3. The number of hydrogen-bond acceptors (Lipinski definition) is 0. The zero-order chi connectivity index (χ0) is 12.1. The first-order chi connectivity index (χ1) is 6.83. The molecule has 16 heavy (non-hydrogen) atoms. The van der Waals surface area contributed by atoms with E-state index in [4.69, 9.17) is 0 Å². The standard InChI is InChI=1S/C15H28.Y/c1-8-9-10-11-15(6,7)14(5)13(4)12(2)3;/h10H,8-9,11H2,1-7H3;/q-2;. The third kappa shape index (κ3) is 6.45. The average Bonchev–Trinajstić information content (AvgIpc) is 2.15. The topological polar surface area (TPSA) is 0 Å². The zero-order valence-corrected chi connectivity index (χ0v) is 15.1. The summed E-state index contributed by atoms with van der Waals surface area (Å²) in [5.74, 6) is 1.44. The molecule has 0 aliphatic rings. The van der Waals surface area contributed by atoms with Crippen molar-refractivity contribution < 1.29 is 32.7 Å². The summed E-state index contributed by atoms with van der Waals surface area (Å²) in [5, 5.41) is 0. The average molecular weight is 297 g/mol. The summed E-state index contributed by atoms with van der Waals surface area (Å²) >= 11 is 0. The van der Waals surface area contributed by atoms with Crippen molar-refractivity contribution in [2.45, 2.75) is 67.7 Å². The van der Waals surface area contributed by atoms with E-state index in [0.29, 0.717) is 5.41 Å². The minimum absolute atomic E-state index is 0. The van der Waals surface area contributed by atoms with Crippen molar-refractivity contribution in [2.24, 2.45) is 5.41 Å². The molecule has 0 aliphatic heterocycles. The molecule has 0 unspecified atom stereocenters. The fourth-order valence-electron chi connectivity index (χ4n) is 1.70. The summed E-state index contributed by atoms with van der Waals surface area (Å²) in [4.78, 5) is 0. The molecule has 0 heterocycles. The molecule has 0 aliphatic carbocycles. The van der Waals surface area contributed by atoms with Crippen LogP contribution in [0.1, 0.15) is 67.7 Å². The molecule has 0 saturated heterocycles. The van der Waals surface area contributed by atoms with Crippen molar-refractivity contribution in [1.29, 1.82) is 0 Å². The Morgan fingerprint density at radius 3 is 2.06 bits per heavy atom. The van der Waals surface area contributed by atoms with Gasteiger partial charge in [-0.25, -0.2) is 17.1 Å². The summed E-state index contributed by atoms with van der Waals surface area (Å²) in [6, 6.07) is 0. The van der Waals surface area contributed by atoms with Crippen molar-refractivity contribution >= 4 is 0 Å². The molecule has 0 rings (SSSR count). The Kier molecular flexibility index (Phi) is 10.4.